The van der Waals surface area contributed by atoms with E-state index in [1.807, 2.05) is 0 Å². The van der Waals surface area contributed by atoms with Crippen molar-refractivity contribution in [2.75, 3.05) is 20.8 Å². The second-order valence-electron chi connectivity index (χ2n) is 9.82. The summed E-state index contributed by atoms with van der Waals surface area (Å²) >= 11 is 0. The number of alkyl halides is 6. The van der Waals surface area contributed by atoms with Crippen molar-refractivity contribution >= 4 is 11.9 Å². The highest BCUT2D eigenvalue weighted by Crippen LogP contribution is 2.44. The smallest absolute Gasteiger partial charge is 0.432 e. The highest BCUT2D eigenvalue weighted by atomic mass is 19.4. The van der Waals surface area contributed by atoms with Crippen LogP contribution in [0.25, 0.3) is 0 Å². The first-order valence-corrected chi connectivity index (χ1v) is 13.8. The van der Waals surface area contributed by atoms with E-state index in [2.05, 4.69) is 0 Å². The van der Waals surface area contributed by atoms with E-state index in [0.29, 0.717) is 6.42 Å². The molecule has 3 atom stereocenters. The van der Waals surface area contributed by atoms with E-state index in [0.717, 1.165) is 44.0 Å². The first-order chi connectivity index (χ1) is 21.3. The van der Waals surface area contributed by atoms with Gasteiger partial charge in [0.2, 0.25) is 0 Å². The van der Waals surface area contributed by atoms with Gasteiger partial charge in [0.25, 0.3) is 11.2 Å². The summed E-state index contributed by atoms with van der Waals surface area (Å²) in [5.74, 6) is -3.39. The third-order valence-corrected chi connectivity index (χ3v) is 7.03. The zero-order valence-electron chi connectivity index (χ0n) is 24.4. The Labute approximate surface area is 256 Å². The quantitative estimate of drug-likeness (QED) is 0.0804. The molecule has 0 aliphatic carbocycles. The van der Waals surface area contributed by atoms with Crippen molar-refractivity contribution < 1.29 is 54.9 Å². The summed E-state index contributed by atoms with van der Waals surface area (Å²) in [6, 6.07) is 21.5. The highest BCUT2D eigenvalue weighted by Gasteiger charge is 2.65. The molecule has 0 amide bonds. The lowest BCUT2D eigenvalue weighted by atomic mass is 9.92. The molecule has 3 rings (SSSR count). The van der Waals surface area contributed by atoms with Gasteiger partial charge in [-0.2, -0.15) is 26.3 Å². The lowest BCUT2D eigenvalue weighted by Gasteiger charge is -2.33. The molecule has 0 fully saturated rings. The molecule has 6 nitrogen and oxygen atoms in total. The minimum Gasteiger partial charge on any atom is -0.463 e. The van der Waals surface area contributed by atoms with Gasteiger partial charge in [-0.25, -0.2) is 9.59 Å². The van der Waals surface area contributed by atoms with Crippen LogP contribution in [-0.2, 0) is 46.2 Å². The van der Waals surface area contributed by atoms with Crippen LogP contribution in [0.5, 0.6) is 0 Å². The van der Waals surface area contributed by atoms with Gasteiger partial charge in [-0.05, 0) is 30.9 Å². The van der Waals surface area contributed by atoms with Crippen molar-refractivity contribution in [3.63, 3.8) is 0 Å². The Hall–Kier alpha value is -4.16. The molecule has 242 valence electrons. The van der Waals surface area contributed by atoms with Gasteiger partial charge in [-0.3, -0.25) is 0 Å². The Morgan fingerprint density at radius 2 is 1.13 bits per heavy atom. The lowest BCUT2D eigenvalue weighted by molar-refractivity contribution is -0.278. The molecule has 0 radical (unpaired) electrons. The average Bonchev–Trinajstić information content (AvgIpc) is 3.01. The van der Waals surface area contributed by atoms with Crippen LogP contribution < -0.4 is 0 Å². The van der Waals surface area contributed by atoms with Crippen LogP contribution >= 0.6 is 0 Å². The topological polar surface area (TPSA) is 71.1 Å². The van der Waals surface area contributed by atoms with Gasteiger partial charge >= 0.3 is 24.3 Å². The summed E-state index contributed by atoms with van der Waals surface area (Å²) < 4.78 is 105. The van der Waals surface area contributed by atoms with E-state index in [1.165, 1.54) is 48.6 Å². The minimum atomic E-state index is -5.19. The maximum absolute atomic E-state index is 14.4. The fraction of sp³-hybridized carbons (Fsp3) is 0.333. The van der Waals surface area contributed by atoms with Crippen LogP contribution in [0, 0.1) is 0 Å². The van der Waals surface area contributed by atoms with Crippen molar-refractivity contribution in [1.29, 1.82) is 0 Å². The Balaban J connectivity index is 1.79. The van der Waals surface area contributed by atoms with Crippen LogP contribution in [-0.4, -0.2) is 51.2 Å². The summed E-state index contributed by atoms with van der Waals surface area (Å²) in [5, 5.41) is 0. The van der Waals surface area contributed by atoms with Gasteiger partial charge in [-0.1, -0.05) is 97.1 Å². The van der Waals surface area contributed by atoms with Crippen molar-refractivity contribution in [1.82, 2.24) is 0 Å². The molecule has 0 saturated carbocycles. The predicted molar refractivity (Wildman–Crippen MR) is 152 cm³/mol. The number of benzene rings is 3. The number of ether oxygens (including phenoxy) is 4. The first-order valence-electron chi connectivity index (χ1n) is 13.8. The van der Waals surface area contributed by atoms with Crippen LogP contribution in [0.2, 0.25) is 0 Å². The zero-order chi connectivity index (χ0) is 33.1. The second-order valence-corrected chi connectivity index (χ2v) is 9.82. The fourth-order valence-corrected chi connectivity index (χ4v) is 4.71. The summed E-state index contributed by atoms with van der Waals surface area (Å²) in [4.78, 5) is 26.0. The highest BCUT2D eigenvalue weighted by molar-refractivity contribution is 5.83. The number of aryl methyl sites for hydroxylation is 1. The molecule has 0 spiro atoms. The Kier molecular flexibility index (Phi) is 11.9. The normalized spacial score (nSPS) is 15.6. The maximum atomic E-state index is 14.4. The molecule has 3 aromatic carbocycles. The van der Waals surface area contributed by atoms with Crippen molar-refractivity contribution in [2.45, 2.75) is 48.9 Å². The standard InChI is InChI=1S/C33H32F6O6/c1-42-30(32(34,35)36,25-16-8-4-9-17-25)28(40)44-23-13-12-20-27(22-21-24-14-6-3-7-15-24)45-29(41)31(43-2,33(37,38)39)26-18-10-5-11-19-26/h3-12,14-20,27H,13,21-23H2,1-2H3/b20-12+/t27-,30-,31-/m1/s1. The molecule has 0 aromatic heterocycles. The van der Waals surface area contributed by atoms with Gasteiger partial charge in [-0.15, -0.1) is 0 Å². The predicted octanol–water partition coefficient (Wildman–Crippen LogP) is 7.23. The number of carbonyl (C=O) groups excluding carboxylic acids is 2. The second kappa shape index (κ2) is 15.2. The number of halogens is 6. The number of hydrogen-bond donors (Lipinski definition) is 0. The molecule has 12 heteroatoms. The van der Waals surface area contributed by atoms with E-state index in [1.54, 1.807) is 30.3 Å². The molecular weight excluding hydrogens is 606 g/mol. The van der Waals surface area contributed by atoms with Gasteiger partial charge in [0.1, 0.15) is 6.10 Å². The van der Waals surface area contributed by atoms with Gasteiger partial charge in [0, 0.05) is 25.3 Å². The zero-order valence-corrected chi connectivity index (χ0v) is 24.4. The summed E-state index contributed by atoms with van der Waals surface area (Å²) in [6.45, 7) is -0.530. The molecule has 0 heterocycles. The monoisotopic (exact) mass is 638 g/mol. The van der Waals surface area contributed by atoms with Crippen LogP contribution in [0.4, 0.5) is 26.3 Å². The average molecular weight is 639 g/mol. The molecular formula is C33H32F6O6. The minimum absolute atomic E-state index is 0.0628. The largest absolute Gasteiger partial charge is 0.463 e. The van der Waals surface area contributed by atoms with E-state index in [9.17, 15) is 35.9 Å². The summed E-state index contributed by atoms with van der Waals surface area (Å²) in [6.07, 6.45) is -8.68. The van der Waals surface area contributed by atoms with Gasteiger partial charge in [0.15, 0.2) is 0 Å². The fourth-order valence-electron chi connectivity index (χ4n) is 4.71. The molecule has 0 bridgehead atoms. The molecule has 3 aromatic rings. The van der Waals surface area contributed by atoms with Crippen LogP contribution in [0.15, 0.2) is 103 Å². The molecule has 0 unspecified atom stereocenters. The molecule has 45 heavy (non-hydrogen) atoms. The number of hydrogen-bond acceptors (Lipinski definition) is 6. The number of esters is 2. The number of rotatable bonds is 14. The van der Waals surface area contributed by atoms with Crippen molar-refractivity contribution in [3.8, 4) is 0 Å². The van der Waals surface area contributed by atoms with E-state index in [4.69, 9.17) is 18.9 Å². The van der Waals surface area contributed by atoms with E-state index < -0.39 is 59.3 Å². The molecule has 0 aliphatic rings. The number of methoxy groups -OCH3 is 2. The molecule has 0 N–H and O–H groups in total. The molecule has 0 saturated heterocycles. The third-order valence-electron chi connectivity index (χ3n) is 7.03. The van der Waals surface area contributed by atoms with Crippen LogP contribution in [0.3, 0.4) is 0 Å². The Bertz CT molecular complexity index is 1400. The Morgan fingerprint density at radius 3 is 1.58 bits per heavy atom. The van der Waals surface area contributed by atoms with E-state index >= 15 is 0 Å². The SMILES string of the molecule is CO[C@@](C(=O)OCC/C=C/[C@H](CCc1ccccc1)OC(=O)[C@](OC)(c1ccccc1)C(F)(F)F)(c1ccccc1)C(F)(F)F. The Morgan fingerprint density at radius 1 is 0.689 bits per heavy atom. The molecule has 0 aliphatic heterocycles. The maximum Gasteiger partial charge on any atom is 0.432 e. The summed E-state index contributed by atoms with van der Waals surface area (Å²) in [7, 11) is 1.49. The van der Waals surface area contributed by atoms with Crippen molar-refractivity contribution in [2.24, 2.45) is 0 Å². The van der Waals surface area contributed by atoms with Gasteiger partial charge in [0.05, 0.1) is 6.61 Å². The third kappa shape index (κ3) is 7.93. The first kappa shape index (κ1) is 35.3. The van der Waals surface area contributed by atoms with Crippen molar-refractivity contribution in [3.05, 3.63) is 120 Å². The van der Waals surface area contributed by atoms with Gasteiger partial charge < -0.3 is 18.9 Å². The number of carbonyl (C=O) groups is 2. The lowest BCUT2D eigenvalue weighted by Crippen LogP contribution is -2.52. The van der Waals surface area contributed by atoms with E-state index in [-0.39, 0.29) is 12.8 Å². The van der Waals surface area contributed by atoms with Crippen LogP contribution in [0.1, 0.15) is 29.5 Å². The summed E-state index contributed by atoms with van der Waals surface area (Å²) in [5.41, 5.74) is -6.92.